The van der Waals surface area contributed by atoms with Gasteiger partial charge in [0, 0.05) is 5.56 Å². The maximum atomic E-state index is 11.9. The predicted molar refractivity (Wildman–Crippen MR) is 70.2 cm³/mol. The molecule has 1 aromatic heterocycles. The van der Waals surface area contributed by atoms with Gasteiger partial charge in [-0.05, 0) is 46.3 Å². The lowest BCUT2D eigenvalue weighted by Gasteiger charge is -2.04. The highest BCUT2D eigenvalue weighted by Crippen LogP contribution is 2.34. The topological polar surface area (TPSA) is 56.5 Å². The standard InChI is InChI=1S/C15H16O4/c1-7(2)12-13(15(17)19-14(12)16)9(4)11-6-8(3)18-10(11)5/h6H,1-5H3/b13-9-. The van der Waals surface area contributed by atoms with Gasteiger partial charge in [0.1, 0.15) is 11.5 Å². The number of allylic oxidation sites excluding steroid dienone is 2. The molecular weight excluding hydrogens is 244 g/mol. The highest BCUT2D eigenvalue weighted by molar-refractivity contribution is 6.22. The summed E-state index contributed by atoms with van der Waals surface area (Å²) in [6, 6.07) is 1.86. The molecule has 0 amide bonds. The third-order valence-electron chi connectivity index (χ3n) is 3.16. The number of ether oxygens (including phenoxy) is 1. The number of rotatable bonds is 1. The molecule has 2 rings (SSSR count). The number of hydrogen-bond donors (Lipinski definition) is 0. The first kappa shape index (κ1) is 13.3. The van der Waals surface area contributed by atoms with Crippen LogP contribution in [-0.2, 0) is 14.3 Å². The Morgan fingerprint density at radius 2 is 1.58 bits per heavy atom. The molecule has 0 aliphatic carbocycles. The maximum absolute atomic E-state index is 11.9. The van der Waals surface area contributed by atoms with Gasteiger partial charge in [-0.2, -0.15) is 0 Å². The normalized spacial score (nSPS) is 17.8. The average molecular weight is 260 g/mol. The van der Waals surface area contributed by atoms with E-state index in [4.69, 9.17) is 9.15 Å². The van der Waals surface area contributed by atoms with E-state index in [2.05, 4.69) is 0 Å². The molecule has 0 unspecified atom stereocenters. The number of carbonyl (C=O) groups excluding carboxylic acids is 2. The first-order valence-corrected chi connectivity index (χ1v) is 6.05. The Balaban J connectivity index is 2.69. The number of aryl methyl sites for hydroxylation is 2. The maximum Gasteiger partial charge on any atom is 0.347 e. The first-order valence-electron chi connectivity index (χ1n) is 6.05. The smallest absolute Gasteiger partial charge is 0.347 e. The van der Waals surface area contributed by atoms with Crippen LogP contribution in [-0.4, -0.2) is 11.9 Å². The largest absolute Gasteiger partial charge is 0.466 e. The highest BCUT2D eigenvalue weighted by Gasteiger charge is 2.36. The fourth-order valence-electron chi connectivity index (χ4n) is 2.32. The lowest BCUT2D eigenvalue weighted by molar-refractivity contribution is -0.149. The highest BCUT2D eigenvalue weighted by atomic mass is 16.6. The fourth-order valence-corrected chi connectivity index (χ4v) is 2.32. The summed E-state index contributed by atoms with van der Waals surface area (Å²) < 4.78 is 10.2. The van der Waals surface area contributed by atoms with Crippen molar-refractivity contribution in [1.82, 2.24) is 0 Å². The molecule has 0 radical (unpaired) electrons. The Labute approximate surface area is 111 Å². The minimum Gasteiger partial charge on any atom is -0.466 e. The molecule has 2 heterocycles. The zero-order chi connectivity index (χ0) is 14.3. The van der Waals surface area contributed by atoms with Crippen molar-refractivity contribution in [2.24, 2.45) is 0 Å². The molecule has 1 aliphatic rings. The lowest BCUT2D eigenvalue weighted by atomic mass is 9.95. The summed E-state index contributed by atoms with van der Waals surface area (Å²) in [6.07, 6.45) is 0. The molecular formula is C15H16O4. The summed E-state index contributed by atoms with van der Waals surface area (Å²) in [5.41, 5.74) is 3.01. The van der Waals surface area contributed by atoms with Crippen molar-refractivity contribution in [3.05, 3.63) is 39.9 Å². The number of esters is 2. The Morgan fingerprint density at radius 3 is 2.05 bits per heavy atom. The molecule has 19 heavy (non-hydrogen) atoms. The zero-order valence-electron chi connectivity index (χ0n) is 11.7. The molecule has 1 aromatic rings. The molecule has 4 heteroatoms. The van der Waals surface area contributed by atoms with E-state index in [0.29, 0.717) is 16.7 Å². The van der Waals surface area contributed by atoms with E-state index in [9.17, 15) is 9.59 Å². The van der Waals surface area contributed by atoms with Gasteiger partial charge in [-0.3, -0.25) is 0 Å². The van der Waals surface area contributed by atoms with Crippen LogP contribution in [0, 0.1) is 13.8 Å². The average Bonchev–Trinajstić information content (AvgIpc) is 2.77. The summed E-state index contributed by atoms with van der Waals surface area (Å²) in [7, 11) is 0. The molecule has 0 aromatic carbocycles. The third kappa shape index (κ3) is 2.14. The van der Waals surface area contributed by atoms with Crippen molar-refractivity contribution in [2.75, 3.05) is 0 Å². The van der Waals surface area contributed by atoms with Crippen molar-refractivity contribution in [3.63, 3.8) is 0 Å². The van der Waals surface area contributed by atoms with Crippen molar-refractivity contribution < 1.29 is 18.7 Å². The van der Waals surface area contributed by atoms with Gasteiger partial charge in [0.15, 0.2) is 0 Å². The molecule has 1 fully saturated rings. The minimum atomic E-state index is -0.586. The van der Waals surface area contributed by atoms with Gasteiger partial charge < -0.3 is 9.15 Å². The summed E-state index contributed by atoms with van der Waals surface area (Å²) in [5, 5.41) is 0. The summed E-state index contributed by atoms with van der Waals surface area (Å²) in [5.74, 6) is 0.334. The van der Waals surface area contributed by atoms with Crippen LogP contribution in [0.1, 0.15) is 37.9 Å². The van der Waals surface area contributed by atoms with Crippen LogP contribution >= 0.6 is 0 Å². The second-order valence-electron chi connectivity index (χ2n) is 4.88. The van der Waals surface area contributed by atoms with Gasteiger partial charge in [-0.1, -0.05) is 5.57 Å². The zero-order valence-corrected chi connectivity index (χ0v) is 11.7. The molecule has 0 atom stereocenters. The monoisotopic (exact) mass is 260 g/mol. The molecule has 100 valence electrons. The van der Waals surface area contributed by atoms with E-state index in [0.717, 1.165) is 22.7 Å². The molecule has 4 nitrogen and oxygen atoms in total. The number of furan rings is 1. The van der Waals surface area contributed by atoms with E-state index >= 15 is 0 Å². The van der Waals surface area contributed by atoms with E-state index in [1.54, 1.807) is 20.8 Å². The first-order chi connectivity index (χ1) is 8.82. The Morgan fingerprint density at radius 1 is 1.00 bits per heavy atom. The van der Waals surface area contributed by atoms with Gasteiger partial charge in [-0.15, -0.1) is 0 Å². The lowest BCUT2D eigenvalue weighted by Crippen LogP contribution is -1.99. The van der Waals surface area contributed by atoms with E-state index in [1.165, 1.54) is 0 Å². The van der Waals surface area contributed by atoms with E-state index in [1.807, 2.05) is 19.9 Å². The second kappa shape index (κ2) is 4.53. The quantitative estimate of drug-likeness (QED) is 0.442. The molecule has 0 spiro atoms. The van der Waals surface area contributed by atoms with Gasteiger partial charge in [0.05, 0.1) is 11.1 Å². The predicted octanol–water partition coefficient (Wildman–Crippen LogP) is 3.09. The van der Waals surface area contributed by atoms with Crippen LogP contribution < -0.4 is 0 Å². The molecule has 0 saturated carbocycles. The van der Waals surface area contributed by atoms with Gasteiger partial charge >= 0.3 is 11.9 Å². The van der Waals surface area contributed by atoms with Crippen LogP contribution in [0.4, 0.5) is 0 Å². The van der Waals surface area contributed by atoms with Crippen molar-refractivity contribution in [2.45, 2.75) is 34.6 Å². The molecule has 0 bridgehead atoms. The van der Waals surface area contributed by atoms with E-state index < -0.39 is 11.9 Å². The van der Waals surface area contributed by atoms with E-state index in [-0.39, 0.29) is 0 Å². The second-order valence-corrected chi connectivity index (χ2v) is 4.88. The Bertz CT molecular complexity index is 637. The van der Waals surface area contributed by atoms with Crippen molar-refractivity contribution >= 4 is 17.5 Å². The molecule has 1 saturated heterocycles. The fraction of sp³-hybridized carbons (Fsp3) is 0.333. The summed E-state index contributed by atoms with van der Waals surface area (Å²) in [4.78, 5) is 23.6. The molecule has 0 N–H and O–H groups in total. The van der Waals surface area contributed by atoms with Crippen LogP contribution in [0.5, 0.6) is 0 Å². The molecule has 1 aliphatic heterocycles. The third-order valence-corrected chi connectivity index (χ3v) is 3.16. The SMILES string of the molecule is CC(C)=C1C(=O)OC(=O)/C1=C(/C)c1cc(C)oc1C. The number of cyclic esters (lactones) is 2. The summed E-state index contributed by atoms with van der Waals surface area (Å²) in [6.45, 7) is 9.05. The van der Waals surface area contributed by atoms with Crippen LogP contribution in [0.2, 0.25) is 0 Å². The van der Waals surface area contributed by atoms with Crippen LogP contribution in [0.25, 0.3) is 5.57 Å². The van der Waals surface area contributed by atoms with Gasteiger partial charge in [0.2, 0.25) is 0 Å². The summed E-state index contributed by atoms with van der Waals surface area (Å²) >= 11 is 0. The Hall–Kier alpha value is -2.10. The van der Waals surface area contributed by atoms with Crippen molar-refractivity contribution in [1.29, 1.82) is 0 Å². The minimum absolute atomic E-state index is 0.342. The van der Waals surface area contributed by atoms with Crippen LogP contribution in [0.15, 0.2) is 27.2 Å². The number of hydrogen-bond acceptors (Lipinski definition) is 4. The van der Waals surface area contributed by atoms with Crippen molar-refractivity contribution in [3.8, 4) is 0 Å². The van der Waals surface area contributed by atoms with Gasteiger partial charge in [-0.25, -0.2) is 9.59 Å². The Kier molecular flexibility index (Phi) is 3.18. The van der Waals surface area contributed by atoms with Crippen LogP contribution in [0.3, 0.4) is 0 Å². The number of carbonyl (C=O) groups is 2. The van der Waals surface area contributed by atoms with Gasteiger partial charge in [0.25, 0.3) is 0 Å².